The van der Waals surface area contributed by atoms with Crippen LogP contribution in [0.4, 0.5) is 11.5 Å². The summed E-state index contributed by atoms with van der Waals surface area (Å²) in [4.78, 5) is 19.9. The lowest BCUT2D eigenvalue weighted by molar-refractivity contribution is -0.117. The number of fused-ring (bicyclic) bond motifs is 1. The molecule has 1 amide bonds. The van der Waals surface area contributed by atoms with Crippen molar-refractivity contribution in [3.8, 4) is 17.2 Å². The number of pyridine rings is 1. The molecule has 0 spiro atoms. The summed E-state index contributed by atoms with van der Waals surface area (Å²) in [6, 6.07) is 11.5. The van der Waals surface area contributed by atoms with Crippen LogP contribution in [0.2, 0.25) is 0 Å². The zero-order valence-electron chi connectivity index (χ0n) is 18.3. The van der Waals surface area contributed by atoms with Gasteiger partial charge in [0.05, 0.1) is 22.9 Å². The summed E-state index contributed by atoms with van der Waals surface area (Å²) in [6.07, 6.45) is 5.50. The Bertz CT molecular complexity index is 1400. The van der Waals surface area contributed by atoms with Crippen LogP contribution in [0.5, 0.6) is 0 Å². The minimum absolute atomic E-state index is 0.0100. The van der Waals surface area contributed by atoms with E-state index in [0.717, 1.165) is 34.9 Å². The van der Waals surface area contributed by atoms with E-state index in [4.69, 9.17) is 0 Å². The van der Waals surface area contributed by atoms with Crippen LogP contribution in [0, 0.1) is 22.7 Å². The van der Waals surface area contributed by atoms with E-state index in [2.05, 4.69) is 26.1 Å². The first-order valence-electron chi connectivity index (χ1n) is 11.2. The number of hydrogen-bond donors (Lipinski definition) is 3. The Hall–Kier alpha value is -3.38. The van der Waals surface area contributed by atoms with E-state index in [1.807, 2.05) is 31.2 Å². The molecule has 3 aromatic rings. The highest BCUT2D eigenvalue weighted by Crippen LogP contribution is 2.46. The summed E-state index contributed by atoms with van der Waals surface area (Å²) in [5.41, 5.74) is 3.11. The number of nitrogens with one attached hydrogen (secondary N) is 3. The van der Waals surface area contributed by atoms with E-state index in [9.17, 15) is 18.5 Å². The van der Waals surface area contributed by atoms with Gasteiger partial charge in [-0.05, 0) is 73.1 Å². The van der Waals surface area contributed by atoms with Gasteiger partial charge < -0.3 is 10.3 Å². The molecule has 1 aromatic carbocycles. The molecule has 2 fully saturated rings. The number of rotatable bonds is 8. The number of amides is 1. The lowest BCUT2D eigenvalue weighted by Crippen LogP contribution is -2.23. The minimum atomic E-state index is -3.64. The van der Waals surface area contributed by atoms with Crippen molar-refractivity contribution in [1.29, 1.82) is 5.26 Å². The summed E-state index contributed by atoms with van der Waals surface area (Å²) in [5.74, 6) is 0.374. The van der Waals surface area contributed by atoms with Crippen molar-refractivity contribution in [3.63, 3.8) is 0 Å². The van der Waals surface area contributed by atoms with Crippen molar-refractivity contribution in [2.24, 2.45) is 11.3 Å². The Morgan fingerprint density at radius 3 is 2.73 bits per heavy atom. The fourth-order valence-corrected chi connectivity index (χ4v) is 5.76. The van der Waals surface area contributed by atoms with E-state index in [0.29, 0.717) is 36.4 Å². The number of hydrogen-bond acceptors (Lipinski definition) is 5. The van der Waals surface area contributed by atoms with Crippen LogP contribution in [-0.2, 0) is 21.2 Å². The molecular formula is C24H25N5O3S. The molecule has 3 N–H and O–H groups in total. The fourth-order valence-electron chi connectivity index (χ4n) is 4.07. The number of carbonyl (C=O) groups is 1. The molecule has 2 aromatic heterocycles. The Balaban J connectivity index is 1.47. The van der Waals surface area contributed by atoms with Gasteiger partial charge in [-0.2, -0.15) is 5.26 Å². The van der Waals surface area contributed by atoms with Crippen LogP contribution < -0.4 is 10.0 Å². The van der Waals surface area contributed by atoms with Crippen LogP contribution in [0.1, 0.15) is 38.2 Å². The van der Waals surface area contributed by atoms with Gasteiger partial charge in [0.2, 0.25) is 15.9 Å². The van der Waals surface area contributed by atoms with E-state index >= 15 is 0 Å². The molecule has 0 bridgehead atoms. The molecule has 170 valence electrons. The second kappa shape index (κ2) is 7.89. The maximum absolute atomic E-state index is 12.7. The second-order valence-electron chi connectivity index (χ2n) is 9.04. The van der Waals surface area contributed by atoms with Crippen molar-refractivity contribution < 1.29 is 13.2 Å². The standard InChI is InChI=1S/C24H25N5O3S/c1-2-15-11-17(5-6-20(15)29-33(31,32)14-24(13-25)8-9-24)19-12-21(28-23(30)16-3-4-16)27-22-18(19)7-10-26-22/h5-7,10-12,16,29H,2-4,8-9,14H2,1H3,(H2,26,27,28,30). The van der Waals surface area contributed by atoms with E-state index < -0.39 is 15.4 Å². The number of aromatic amines is 1. The SMILES string of the molecule is CCc1cc(-c2cc(NC(=O)C3CC3)nc3[nH]ccc23)ccc1NS(=O)(=O)CC1(C#N)CC1. The number of H-pyrrole nitrogens is 1. The smallest absolute Gasteiger partial charge is 0.234 e. The molecule has 8 nitrogen and oxygen atoms in total. The number of anilines is 2. The fraction of sp³-hybridized carbons (Fsp3) is 0.375. The van der Waals surface area contributed by atoms with Crippen LogP contribution in [-0.4, -0.2) is 30.0 Å². The molecule has 5 rings (SSSR count). The molecule has 9 heteroatoms. The van der Waals surface area contributed by atoms with Gasteiger partial charge in [0, 0.05) is 17.5 Å². The molecule has 0 radical (unpaired) electrons. The predicted octanol–water partition coefficient (Wildman–Crippen LogP) is 4.19. The van der Waals surface area contributed by atoms with Gasteiger partial charge in [0.15, 0.2) is 0 Å². The van der Waals surface area contributed by atoms with Crippen LogP contribution in [0.25, 0.3) is 22.2 Å². The summed E-state index contributed by atoms with van der Waals surface area (Å²) >= 11 is 0. The maximum Gasteiger partial charge on any atom is 0.234 e. The number of aromatic nitrogens is 2. The lowest BCUT2D eigenvalue weighted by atomic mass is 9.99. The third-order valence-electron chi connectivity index (χ3n) is 6.35. The molecule has 2 heterocycles. The zero-order valence-corrected chi connectivity index (χ0v) is 19.1. The third-order valence-corrected chi connectivity index (χ3v) is 7.81. The first kappa shape index (κ1) is 21.5. The average molecular weight is 464 g/mol. The molecule has 33 heavy (non-hydrogen) atoms. The summed E-state index contributed by atoms with van der Waals surface area (Å²) in [6.45, 7) is 1.97. The van der Waals surface area contributed by atoms with Crippen LogP contribution >= 0.6 is 0 Å². The molecular weight excluding hydrogens is 438 g/mol. The lowest BCUT2D eigenvalue weighted by Gasteiger charge is -2.15. The number of benzene rings is 1. The summed E-state index contributed by atoms with van der Waals surface area (Å²) < 4.78 is 28.0. The normalized spacial score (nSPS) is 16.8. The van der Waals surface area contributed by atoms with Gasteiger partial charge in [-0.15, -0.1) is 0 Å². The molecule has 2 aliphatic carbocycles. The van der Waals surface area contributed by atoms with Gasteiger partial charge in [-0.1, -0.05) is 13.0 Å². The van der Waals surface area contributed by atoms with Crippen molar-refractivity contribution in [2.75, 3.05) is 15.8 Å². The van der Waals surface area contributed by atoms with Gasteiger partial charge in [0.25, 0.3) is 0 Å². The van der Waals surface area contributed by atoms with Gasteiger partial charge in [-0.25, -0.2) is 13.4 Å². The Morgan fingerprint density at radius 1 is 1.27 bits per heavy atom. The predicted molar refractivity (Wildman–Crippen MR) is 127 cm³/mol. The zero-order chi connectivity index (χ0) is 23.2. The number of sulfonamides is 1. The molecule has 2 saturated carbocycles. The maximum atomic E-state index is 12.7. The number of carbonyl (C=O) groups excluding carboxylic acids is 1. The Labute approximate surface area is 192 Å². The van der Waals surface area contributed by atoms with Crippen LogP contribution in [0.3, 0.4) is 0 Å². The van der Waals surface area contributed by atoms with Crippen molar-refractivity contribution >= 4 is 38.5 Å². The van der Waals surface area contributed by atoms with Crippen molar-refractivity contribution in [1.82, 2.24) is 9.97 Å². The van der Waals surface area contributed by atoms with Crippen LogP contribution in [0.15, 0.2) is 36.5 Å². The molecule has 0 unspecified atom stereocenters. The summed E-state index contributed by atoms with van der Waals surface area (Å²) in [5, 5.41) is 13.1. The minimum Gasteiger partial charge on any atom is -0.346 e. The average Bonchev–Trinajstić information content (AvgIpc) is 3.71. The second-order valence-corrected chi connectivity index (χ2v) is 10.8. The third kappa shape index (κ3) is 4.44. The molecule has 2 aliphatic rings. The van der Waals surface area contributed by atoms with Gasteiger partial charge >= 0.3 is 0 Å². The number of nitriles is 1. The van der Waals surface area contributed by atoms with Crippen molar-refractivity contribution in [2.45, 2.75) is 39.0 Å². The van der Waals surface area contributed by atoms with Crippen molar-refractivity contribution in [3.05, 3.63) is 42.1 Å². The molecule has 0 atom stereocenters. The topological polar surface area (TPSA) is 128 Å². The molecule has 0 aliphatic heterocycles. The quantitative estimate of drug-likeness (QED) is 0.462. The Morgan fingerprint density at radius 2 is 2.06 bits per heavy atom. The van der Waals surface area contributed by atoms with E-state index in [1.54, 1.807) is 12.3 Å². The summed E-state index contributed by atoms with van der Waals surface area (Å²) in [7, 11) is -3.64. The molecule has 0 saturated heterocycles. The van der Waals surface area contributed by atoms with Gasteiger partial charge in [0.1, 0.15) is 11.5 Å². The monoisotopic (exact) mass is 463 g/mol. The van der Waals surface area contributed by atoms with E-state index in [1.165, 1.54) is 0 Å². The highest BCUT2D eigenvalue weighted by molar-refractivity contribution is 7.92. The number of nitrogens with zero attached hydrogens (tertiary/aromatic N) is 2. The highest BCUT2D eigenvalue weighted by atomic mass is 32.2. The largest absolute Gasteiger partial charge is 0.346 e. The number of aryl methyl sites for hydroxylation is 1. The first-order chi connectivity index (χ1) is 15.8. The Kier molecular flexibility index (Phi) is 5.13. The first-order valence-corrected chi connectivity index (χ1v) is 12.8. The van der Waals surface area contributed by atoms with Gasteiger partial charge in [-0.3, -0.25) is 9.52 Å². The highest BCUT2D eigenvalue weighted by Gasteiger charge is 2.47. The van der Waals surface area contributed by atoms with E-state index in [-0.39, 0.29) is 17.6 Å².